The van der Waals surface area contributed by atoms with Crippen LogP contribution in [0.25, 0.3) is 0 Å². The number of nitrogens with zero attached hydrogens (tertiary/aromatic N) is 3. The largest absolute Gasteiger partial charge is 0.356 e. The molecule has 1 aliphatic heterocycles. The van der Waals surface area contributed by atoms with E-state index in [-0.39, 0.29) is 5.82 Å². The number of piperazine rings is 1. The molecular formula is C20H34FN5S. The van der Waals surface area contributed by atoms with Gasteiger partial charge in [0.05, 0.1) is 0 Å². The lowest BCUT2D eigenvalue weighted by molar-refractivity contribution is 0.152. The minimum absolute atomic E-state index is 0.181. The van der Waals surface area contributed by atoms with Gasteiger partial charge in [0.25, 0.3) is 0 Å². The molecule has 0 radical (unpaired) electrons. The van der Waals surface area contributed by atoms with E-state index in [4.69, 9.17) is 0 Å². The highest BCUT2D eigenvalue weighted by Crippen LogP contribution is 2.18. The molecule has 7 heteroatoms. The Bertz CT molecular complexity index is 544. The molecular weight excluding hydrogens is 361 g/mol. The molecule has 1 fully saturated rings. The van der Waals surface area contributed by atoms with Crippen LogP contribution in [0.1, 0.15) is 19.3 Å². The summed E-state index contributed by atoms with van der Waals surface area (Å²) in [7, 11) is 4.01. The van der Waals surface area contributed by atoms with E-state index in [1.807, 2.05) is 19.2 Å². The maximum atomic E-state index is 12.9. The first-order chi connectivity index (χ1) is 13.2. The molecule has 0 spiro atoms. The first kappa shape index (κ1) is 22.0. The van der Waals surface area contributed by atoms with E-state index < -0.39 is 0 Å². The fourth-order valence-corrected chi connectivity index (χ4v) is 3.81. The number of likely N-dealkylation sites (N-methyl/N-ethyl adjacent to an activating group) is 1. The molecule has 0 unspecified atom stereocenters. The van der Waals surface area contributed by atoms with Gasteiger partial charge in [0.15, 0.2) is 5.96 Å². The number of benzene rings is 1. The second-order valence-corrected chi connectivity index (χ2v) is 8.10. The number of hydrogen-bond donors (Lipinski definition) is 2. The monoisotopic (exact) mass is 395 g/mol. The number of nitrogens with one attached hydrogen (secondary N) is 2. The Kier molecular flexibility index (Phi) is 10.6. The van der Waals surface area contributed by atoms with E-state index in [0.717, 1.165) is 42.5 Å². The van der Waals surface area contributed by atoms with Gasteiger partial charge in [-0.2, -0.15) is 0 Å². The Morgan fingerprint density at radius 2 is 1.70 bits per heavy atom. The number of unbranched alkanes of at least 4 members (excludes halogenated alkanes) is 1. The molecule has 2 N–H and O–H groups in total. The van der Waals surface area contributed by atoms with Crippen molar-refractivity contribution in [2.24, 2.45) is 4.99 Å². The molecule has 5 nitrogen and oxygen atoms in total. The van der Waals surface area contributed by atoms with Crippen LogP contribution in [0.3, 0.4) is 0 Å². The minimum atomic E-state index is -0.181. The van der Waals surface area contributed by atoms with Gasteiger partial charge < -0.3 is 20.4 Å². The van der Waals surface area contributed by atoms with Crippen molar-refractivity contribution in [1.82, 2.24) is 20.4 Å². The first-order valence-corrected chi connectivity index (χ1v) is 10.9. The van der Waals surface area contributed by atoms with Crippen molar-refractivity contribution >= 4 is 17.7 Å². The third-order valence-electron chi connectivity index (χ3n) is 4.71. The van der Waals surface area contributed by atoms with Crippen molar-refractivity contribution in [3.05, 3.63) is 30.1 Å². The normalized spacial score (nSPS) is 16.5. The maximum absolute atomic E-state index is 12.9. The molecule has 27 heavy (non-hydrogen) atoms. The lowest BCUT2D eigenvalue weighted by Gasteiger charge is -2.32. The molecule has 1 aromatic carbocycles. The zero-order valence-corrected chi connectivity index (χ0v) is 17.5. The summed E-state index contributed by atoms with van der Waals surface area (Å²) >= 11 is 1.75. The summed E-state index contributed by atoms with van der Waals surface area (Å²) < 4.78 is 12.9. The number of thioether (sulfide) groups is 1. The van der Waals surface area contributed by atoms with E-state index in [1.165, 1.54) is 51.3 Å². The third-order valence-corrected chi connectivity index (χ3v) is 5.81. The molecule has 2 rings (SSSR count). The predicted octanol–water partition coefficient (Wildman–Crippen LogP) is 2.50. The van der Waals surface area contributed by atoms with Crippen molar-refractivity contribution < 1.29 is 4.39 Å². The highest BCUT2D eigenvalue weighted by Gasteiger charge is 2.12. The van der Waals surface area contributed by atoms with Crippen LogP contribution in [0.2, 0.25) is 0 Å². The number of aliphatic imine (C=N–C) groups is 1. The van der Waals surface area contributed by atoms with E-state index in [2.05, 4.69) is 32.5 Å². The van der Waals surface area contributed by atoms with Gasteiger partial charge in [-0.05, 0) is 62.9 Å². The maximum Gasteiger partial charge on any atom is 0.190 e. The molecule has 1 heterocycles. The molecule has 1 aromatic rings. The average Bonchev–Trinajstić information content (AvgIpc) is 2.68. The highest BCUT2D eigenvalue weighted by molar-refractivity contribution is 7.99. The minimum Gasteiger partial charge on any atom is -0.356 e. The number of hydrogen-bond acceptors (Lipinski definition) is 4. The van der Waals surface area contributed by atoms with Crippen LogP contribution in [-0.4, -0.2) is 81.4 Å². The summed E-state index contributed by atoms with van der Waals surface area (Å²) in [4.78, 5) is 10.3. The van der Waals surface area contributed by atoms with E-state index in [9.17, 15) is 4.39 Å². The molecule has 0 saturated carbocycles. The number of guanidine groups is 1. The van der Waals surface area contributed by atoms with E-state index in [1.54, 1.807) is 11.8 Å². The van der Waals surface area contributed by atoms with Gasteiger partial charge in [0, 0.05) is 51.2 Å². The van der Waals surface area contributed by atoms with Crippen molar-refractivity contribution in [2.45, 2.75) is 24.2 Å². The Morgan fingerprint density at radius 1 is 1.04 bits per heavy atom. The Hall–Kier alpha value is -1.31. The smallest absolute Gasteiger partial charge is 0.190 e. The number of halogens is 1. The Morgan fingerprint density at radius 3 is 2.37 bits per heavy atom. The molecule has 1 aliphatic rings. The zero-order chi connectivity index (χ0) is 19.3. The average molecular weight is 396 g/mol. The molecule has 0 amide bonds. The van der Waals surface area contributed by atoms with Crippen LogP contribution in [0.5, 0.6) is 0 Å². The zero-order valence-electron chi connectivity index (χ0n) is 16.7. The van der Waals surface area contributed by atoms with Gasteiger partial charge in [-0.3, -0.25) is 4.99 Å². The molecule has 0 aromatic heterocycles. The van der Waals surface area contributed by atoms with Crippen LogP contribution in [0.4, 0.5) is 4.39 Å². The van der Waals surface area contributed by atoms with Gasteiger partial charge in [-0.15, -0.1) is 11.8 Å². The van der Waals surface area contributed by atoms with E-state index >= 15 is 0 Å². The van der Waals surface area contributed by atoms with Crippen molar-refractivity contribution in [1.29, 1.82) is 0 Å². The van der Waals surface area contributed by atoms with Gasteiger partial charge in [-0.1, -0.05) is 0 Å². The Labute approximate surface area is 167 Å². The predicted molar refractivity (Wildman–Crippen MR) is 114 cm³/mol. The highest BCUT2D eigenvalue weighted by atomic mass is 32.2. The SMILES string of the molecule is CN=C(NCCCCN1CCN(C)CC1)NCCCSc1ccc(F)cc1. The van der Waals surface area contributed by atoms with Gasteiger partial charge in [-0.25, -0.2) is 4.39 Å². The van der Waals surface area contributed by atoms with Crippen molar-refractivity contribution in [3.8, 4) is 0 Å². The molecule has 1 saturated heterocycles. The summed E-state index contributed by atoms with van der Waals surface area (Å²) in [5.41, 5.74) is 0. The molecule has 0 aliphatic carbocycles. The van der Waals surface area contributed by atoms with Crippen LogP contribution in [0.15, 0.2) is 34.2 Å². The van der Waals surface area contributed by atoms with E-state index in [0.29, 0.717) is 0 Å². The molecule has 0 atom stereocenters. The first-order valence-electron chi connectivity index (χ1n) is 9.91. The standard InChI is InChI=1S/C20H34FN5S/c1-22-20(23-10-3-4-12-26-15-13-25(2)14-16-26)24-11-5-17-27-19-8-6-18(21)7-9-19/h6-9H,3-5,10-17H2,1-2H3,(H2,22,23,24). The van der Waals surface area contributed by atoms with Gasteiger partial charge in [0.1, 0.15) is 5.82 Å². The second kappa shape index (κ2) is 13.0. The summed E-state index contributed by atoms with van der Waals surface area (Å²) in [6.07, 6.45) is 3.42. The molecule has 0 bridgehead atoms. The quantitative estimate of drug-likeness (QED) is 0.276. The van der Waals surface area contributed by atoms with Crippen LogP contribution >= 0.6 is 11.8 Å². The van der Waals surface area contributed by atoms with Gasteiger partial charge in [0.2, 0.25) is 0 Å². The van der Waals surface area contributed by atoms with Gasteiger partial charge >= 0.3 is 0 Å². The topological polar surface area (TPSA) is 42.9 Å². The lowest BCUT2D eigenvalue weighted by Crippen LogP contribution is -2.44. The van der Waals surface area contributed by atoms with Crippen LogP contribution in [0, 0.1) is 5.82 Å². The summed E-state index contributed by atoms with van der Waals surface area (Å²) in [6.45, 7) is 7.81. The summed E-state index contributed by atoms with van der Waals surface area (Å²) in [6, 6.07) is 6.68. The lowest BCUT2D eigenvalue weighted by atomic mass is 10.2. The summed E-state index contributed by atoms with van der Waals surface area (Å²) in [5, 5.41) is 6.75. The summed E-state index contributed by atoms with van der Waals surface area (Å²) in [5.74, 6) is 1.70. The number of rotatable bonds is 10. The van der Waals surface area contributed by atoms with Crippen LogP contribution in [-0.2, 0) is 0 Å². The van der Waals surface area contributed by atoms with Crippen LogP contribution < -0.4 is 10.6 Å². The Balaban J connectivity index is 1.46. The fourth-order valence-electron chi connectivity index (χ4n) is 2.96. The third kappa shape index (κ3) is 9.44. The molecule has 152 valence electrons. The second-order valence-electron chi connectivity index (χ2n) is 6.93. The fraction of sp³-hybridized carbons (Fsp3) is 0.650. The van der Waals surface area contributed by atoms with Crippen molar-refractivity contribution in [3.63, 3.8) is 0 Å². The van der Waals surface area contributed by atoms with Crippen molar-refractivity contribution in [2.75, 3.05) is 65.7 Å².